The van der Waals surface area contributed by atoms with Crippen LogP contribution in [0.4, 0.5) is 0 Å². The Bertz CT molecular complexity index is 999. The van der Waals surface area contributed by atoms with Crippen molar-refractivity contribution >= 4 is 34.7 Å². The predicted molar refractivity (Wildman–Crippen MR) is 114 cm³/mol. The summed E-state index contributed by atoms with van der Waals surface area (Å²) >= 11 is 1.60. The lowest BCUT2D eigenvalue weighted by atomic mass is 10.0. The van der Waals surface area contributed by atoms with Crippen molar-refractivity contribution in [2.24, 2.45) is 5.10 Å². The molecule has 3 aromatic carbocycles. The molecule has 1 N–H and O–H groups in total. The number of nitrogens with zero attached hydrogens (tertiary/aromatic N) is 1. The second-order valence-electron chi connectivity index (χ2n) is 6.93. The van der Waals surface area contributed by atoms with Gasteiger partial charge in [0, 0.05) is 11.3 Å². The Morgan fingerprint density at radius 2 is 1.85 bits per heavy atom. The first-order chi connectivity index (χ1) is 13.2. The molecule has 0 saturated carbocycles. The Kier molecular flexibility index (Phi) is 5.26. The summed E-state index contributed by atoms with van der Waals surface area (Å²) in [5.41, 5.74) is 9.00. The number of rotatable bonds is 6. The van der Waals surface area contributed by atoms with E-state index < -0.39 is 0 Å². The van der Waals surface area contributed by atoms with Crippen LogP contribution in [0.1, 0.15) is 27.8 Å². The molecule has 4 rings (SSSR count). The zero-order chi connectivity index (χ0) is 18.6. The molecular weight excluding hydrogens is 352 g/mol. The van der Waals surface area contributed by atoms with Gasteiger partial charge in [0.25, 0.3) is 0 Å². The molecule has 1 amide bonds. The summed E-state index contributed by atoms with van der Waals surface area (Å²) in [6, 6.07) is 19.1. The van der Waals surface area contributed by atoms with Crippen molar-refractivity contribution in [1.82, 2.24) is 5.43 Å². The van der Waals surface area contributed by atoms with Crippen LogP contribution in [0, 0.1) is 6.92 Å². The molecule has 0 aromatic heterocycles. The van der Waals surface area contributed by atoms with Crippen LogP contribution in [0.15, 0.2) is 59.7 Å². The summed E-state index contributed by atoms with van der Waals surface area (Å²) in [6.07, 6.45) is 3.98. The molecule has 0 unspecified atom stereocenters. The largest absolute Gasteiger partial charge is 0.272 e. The molecule has 1 aliphatic rings. The van der Waals surface area contributed by atoms with Gasteiger partial charge in [-0.2, -0.15) is 5.10 Å². The van der Waals surface area contributed by atoms with Gasteiger partial charge in [0.15, 0.2) is 0 Å². The molecule has 0 atom stereocenters. The predicted octanol–water partition coefficient (Wildman–Crippen LogP) is 4.63. The molecule has 1 aliphatic carbocycles. The molecule has 136 valence electrons. The molecule has 0 aliphatic heterocycles. The number of aryl methyl sites for hydroxylation is 3. The van der Waals surface area contributed by atoms with Gasteiger partial charge in [0.05, 0.1) is 12.0 Å². The van der Waals surface area contributed by atoms with Crippen LogP contribution in [0.2, 0.25) is 0 Å². The molecule has 4 heteroatoms. The van der Waals surface area contributed by atoms with Gasteiger partial charge in [-0.1, -0.05) is 60.2 Å². The van der Waals surface area contributed by atoms with Gasteiger partial charge in [-0.25, -0.2) is 5.43 Å². The highest BCUT2D eigenvalue weighted by Crippen LogP contribution is 2.32. The first-order valence-electron chi connectivity index (χ1n) is 9.19. The standard InChI is InChI=1S/C23H22N2OS/c1-16-5-7-17(8-6-16)14-27-15-22(26)25-24-13-20-12-11-19-10-9-18-3-2-4-21(20)23(18)19/h2-8,11-13H,9-10,14-15H2,1H3,(H,25,26)/b24-13-. The fourth-order valence-corrected chi connectivity index (χ4v) is 4.31. The Hall–Kier alpha value is -2.59. The molecule has 3 nitrogen and oxygen atoms in total. The van der Waals surface area contributed by atoms with Crippen LogP contribution in [-0.4, -0.2) is 17.9 Å². The minimum absolute atomic E-state index is 0.0747. The molecule has 0 heterocycles. The van der Waals surface area contributed by atoms with Gasteiger partial charge in [-0.05, 0) is 47.2 Å². The van der Waals surface area contributed by atoms with E-state index in [2.05, 4.69) is 72.0 Å². The van der Waals surface area contributed by atoms with E-state index in [1.807, 2.05) is 0 Å². The monoisotopic (exact) mass is 374 g/mol. The third-order valence-corrected chi connectivity index (χ3v) is 5.93. The number of carbonyl (C=O) groups excluding carboxylic acids is 1. The fraction of sp³-hybridized carbons (Fsp3) is 0.217. The number of hydrogen-bond acceptors (Lipinski definition) is 3. The van der Waals surface area contributed by atoms with E-state index in [0.29, 0.717) is 5.75 Å². The van der Waals surface area contributed by atoms with Crippen molar-refractivity contribution in [2.45, 2.75) is 25.5 Å². The van der Waals surface area contributed by atoms with Crippen molar-refractivity contribution in [3.05, 3.63) is 82.4 Å². The number of carbonyl (C=O) groups is 1. The quantitative estimate of drug-likeness (QED) is 0.505. The minimum atomic E-state index is -0.0747. The Morgan fingerprint density at radius 1 is 1.07 bits per heavy atom. The molecular formula is C23H22N2OS. The maximum Gasteiger partial charge on any atom is 0.250 e. The van der Waals surface area contributed by atoms with Crippen molar-refractivity contribution in [2.75, 3.05) is 5.75 Å². The minimum Gasteiger partial charge on any atom is -0.272 e. The lowest BCUT2D eigenvalue weighted by Gasteiger charge is -2.05. The van der Waals surface area contributed by atoms with E-state index in [1.54, 1.807) is 18.0 Å². The smallest absolute Gasteiger partial charge is 0.250 e. The van der Waals surface area contributed by atoms with Crippen molar-refractivity contribution < 1.29 is 4.79 Å². The molecule has 3 aromatic rings. The first-order valence-corrected chi connectivity index (χ1v) is 10.3. The van der Waals surface area contributed by atoms with Crippen molar-refractivity contribution in [3.63, 3.8) is 0 Å². The molecule has 0 saturated heterocycles. The van der Waals surface area contributed by atoms with Crippen LogP contribution in [-0.2, 0) is 23.4 Å². The number of thioether (sulfide) groups is 1. The third kappa shape index (κ3) is 4.06. The topological polar surface area (TPSA) is 41.5 Å². The Labute approximate surface area is 163 Å². The summed E-state index contributed by atoms with van der Waals surface area (Å²) in [7, 11) is 0. The van der Waals surface area contributed by atoms with Crippen LogP contribution in [0.25, 0.3) is 10.8 Å². The summed E-state index contributed by atoms with van der Waals surface area (Å²) in [5, 5.41) is 6.75. The fourth-order valence-electron chi connectivity index (χ4n) is 3.53. The lowest BCUT2D eigenvalue weighted by Crippen LogP contribution is -2.19. The maximum absolute atomic E-state index is 12.0. The van der Waals surface area contributed by atoms with Crippen molar-refractivity contribution in [1.29, 1.82) is 0 Å². The summed E-state index contributed by atoms with van der Waals surface area (Å²) < 4.78 is 0. The van der Waals surface area contributed by atoms with E-state index in [1.165, 1.54) is 33.0 Å². The zero-order valence-electron chi connectivity index (χ0n) is 15.4. The normalized spacial score (nSPS) is 12.8. The third-order valence-electron chi connectivity index (χ3n) is 4.93. The molecule has 0 radical (unpaired) electrons. The van der Waals surface area contributed by atoms with E-state index in [0.717, 1.165) is 24.2 Å². The SMILES string of the molecule is Cc1ccc(CSCC(=O)N/N=C\c2ccc3c4c(cccc24)CC3)cc1. The van der Waals surface area contributed by atoms with E-state index in [-0.39, 0.29) is 5.91 Å². The average Bonchev–Trinajstić information content (AvgIpc) is 3.10. The summed E-state index contributed by atoms with van der Waals surface area (Å²) in [5.74, 6) is 1.15. The average molecular weight is 375 g/mol. The number of amides is 1. The molecule has 27 heavy (non-hydrogen) atoms. The van der Waals surface area contributed by atoms with E-state index >= 15 is 0 Å². The van der Waals surface area contributed by atoms with Gasteiger partial charge in [-0.3, -0.25) is 4.79 Å². The van der Waals surface area contributed by atoms with Crippen LogP contribution in [0.3, 0.4) is 0 Å². The van der Waals surface area contributed by atoms with Gasteiger partial charge in [0.1, 0.15) is 0 Å². The van der Waals surface area contributed by atoms with Gasteiger partial charge >= 0.3 is 0 Å². The Balaban J connectivity index is 1.33. The number of hydrazone groups is 1. The van der Waals surface area contributed by atoms with E-state index in [9.17, 15) is 4.79 Å². The van der Waals surface area contributed by atoms with Gasteiger partial charge in [0.2, 0.25) is 5.91 Å². The summed E-state index contributed by atoms with van der Waals surface area (Å²) in [4.78, 5) is 12.0. The van der Waals surface area contributed by atoms with Crippen molar-refractivity contribution in [3.8, 4) is 0 Å². The van der Waals surface area contributed by atoms with Gasteiger partial charge in [-0.15, -0.1) is 11.8 Å². The number of hydrogen-bond donors (Lipinski definition) is 1. The highest BCUT2D eigenvalue weighted by Gasteiger charge is 2.14. The zero-order valence-corrected chi connectivity index (χ0v) is 16.2. The molecule has 0 spiro atoms. The molecule has 0 bridgehead atoms. The number of nitrogens with one attached hydrogen (secondary N) is 1. The van der Waals surface area contributed by atoms with Crippen LogP contribution < -0.4 is 5.43 Å². The van der Waals surface area contributed by atoms with Gasteiger partial charge < -0.3 is 0 Å². The summed E-state index contributed by atoms with van der Waals surface area (Å²) in [6.45, 7) is 2.07. The Morgan fingerprint density at radius 3 is 2.67 bits per heavy atom. The lowest BCUT2D eigenvalue weighted by molar-refractivity contribution is -0.118. The van der Waals surface area contributed by atoms with E-state index in [4.69, 9.17) is 0 Å². The highest BCUT2D eigenvalue weighted by atomic mass is 32.2. The second-order valence-corrected chi connectivity index (χ2v) is 7.91. The first kappa shape index (κ1) is 17.8. The van der Waals surface area contributed by atoms with Crippen LogP contribution in [0.5, 0.6) is 0 Å². The highest BCUT2D eigenvalue weighted by molar-refractivity contribution is 7.99. The van der Waals surface area contributed by atoms with Crippen LogP contribution >= 0.6 is 11.8 Å². The number of benzene rings is 3. The second kappa shape index (κ2) is 7.97. The maximum atomic E-state index is 12.0. The molecule has 0 fully saturated rings.